The molecule has 3 saturated carbocycles. The lowest BCUT2D eigenvalue weighted by atomic mass is 9.52. The summed E-state index contributed by atoms with van der Waals surface area (Å²) in [4.78, 5) is 67.4. The number of nitrogens with one attached hydrogen (secondary N) is 1. The average Bonchev–Trinajstić information content (AvgIpc) is 3.67. The summed E-state index contributed by atoms with van der Waals surface area (Å²) < 4.78 is 0. The number of likely N-dealkylation sites (N-methyl/N-ethyl adjacent to an activating group) is 1. The van der Waals surface area contributed by atoms with Gasteiger partial charge < -0.3 is 21.3 Å². The van der Waals surface area contributed by atoms with Crippen molar-refractivity contribution in [2.24, 2.45) is 35.3 Å². The van der Waals surface area contributed by atoms with Crippen LogP contribution in [0, 0.1) is 29.6 Å². The number of phenols is 1. The highest BCUT2D eigenvalue weighted by Crippen LogP contribution is 2.51. The molecule has 4 aliphatic rings. The second kappa shape index (κ2) is 9.22. The van der Waals surface area contributed by atoms with Crippen molar-refractivity contribution in [2.75, 3.05) is 14.1 Å². The van der Waals surface area contributed by atoms with Crippen LogP contribution in [-0.2, 0) is 32.1 Å². The fourth-order valence-electron chi connectivity index (χ4n) is 6.87. The molecule has 1 aromatic carbocycles. The first kappa shape index (κ1) is 26.9. The molecule has 0 bridgehead atoms. The number of aromatic hydroxyl groups is 1. The molecule has 38 heavy (non-hydrogen) atoms. The molecule has 1 amide bonds. The minimum absolute atomic E-state index is 0.0117. The smallest absolute Gasteiger partial charge is 0.235 e. The van der Waals surface area contributed by atoms with Crippen molar-refractivity contribution < 1.29 is 34.2 Å². The van der Waals surface area contributed by atoms with Crippen LogP contribution in [-0.4, -0.2) is 75.9 Å². The molecule has 0 radical (unpaired) electrons. The van der Waals surface area contributed by atoms with Gasteiger partial charge in [-0.05, 0) is 75.7 Å². The largest absolute Gasteiger partial charge is 0.507 e. The summed E-state index contributed by atoms with van der Waals surface area (Å²) in [5, 5.41) is 26.2. The van der Waals surface area contributed by atoms with Gasteiger partial charge in [-0.2, -0.15) is 0 Å². The molecule has 7 unspecified atom stereocenters. The second-order valence-corrected chi connectivity index (χ2v) is 11.9. The Hall–Kier alpha value is -2.66. The molecule has 1 aromatic rings. The highest BCUT2D eigenvalue weighted by atomic mass is 35.5. The number of benzene rings is 1. The number of nitrogens with zero attached hydrogens (tertiary/aromatic N) is 1. The Labute approximate surface area is 224 Å². The van der Waals surface area contributed by atoms with E-state index in [0.29, 0.717) is 28.6 Å². The van der Waals surface area contributed by atoms with Gasteiger partial charge in [0.15, 0.2) is 34.7 Å². The molecule has 0 aromatic heterocycles. The van der Waals surface area contributed by atoms with E-state index >= 15 is 0 Å². The van der Waals surface area contributed by atoms with Gasteiger partial charge >= 0.3 is 0 Å². The van der Waals surface area contributed by atoms with Crippen LogP contribution in [0.3, 0.4) is 0 Å². The number of Topliss-reactive ketones (excluding diaryl/α,β-unsaturated/α-hetero) is 4. The molecule has 204 valence electrons. The highest BCUT2D eigenvalue weighted by Gasteiger charge is 2.69. The SMILES string of the molecule is CC(NCc1cc(O)c2c(c1Cl)CC1CC3C(N(C)C)C(=O)C(C(N)=O)C(=O)C3(O)C(=O)C1C2=O)C1CC1. The zero-order valence-corrected chi connectivity index (χ0v) is 22.2. The predicted octanol–water partition coefficient (Wildman–Crippen LogP) is 0.409. The first-order valence-corrected chi connectivity index (χ1v) is 13.3. The molecule has 0 aliphatic heterocycles. The summed E-state index contributed by atoms with van der Waals surface area (Å²) in [6, 6.07) is 0.546. The number of aliphatic hydroxyl groups is 1. The monoisotopic (exact) mass is 545 g/mol. The lowest BCUT2D eigenvalue weighted by molar-refractivity contribution is -0.181. The molecule has 0 heterocycles. The number of phenolic OH excluding ortho intramolecular Hbond substituents is 1. The topological polar surface area (TPSA) is 167 Å². The summed E-state index contributed by atoms with van der Waals surface area (Å²) in [7, 11) is 3.09. The summed E-state index contributed by atoms with van der Waals surface area (Å²) in [6.07, 6.45) is 2.46. The summed E-state index contributed by atoms with van der Waals surface area (Å²) in [5.74, 6) is -10.1. The number of primary amides is 1. The normalized spacial score (nSPS) is 33.6. The lowest BCUT2D eigenvalue weighted by Crippen LogP contribution is -2.74. The zero-order valence-electron chi connectivity index (χ0n) is 21.5. The van der Waals surface area contributed by atoms with Gasteiger partial charge in [-0.15, -0.1) is 0 Å². The van der Waals surface area contributed by atoms with E-state index in [0.717, 1.165) is 12.8 Å². The van der Waals surface area contributed by atoms with Gasteiger partial charge in [0, 0.05) is 23.5 Å². The van der Waals surface area contributed by atoms with E-state index in [-0.39, 0.29) is 30.2 Å². The molecule has 11 heteroatoms. The number of fused-ring (bicyclic) bond motifs is 3. The van der Waals surface area contributed by atoms with Crippen LogP contribution in [0.1, 0.15) is 47.7 Å². The average molecular weight is 546 g/mol. The maximum absolute atomic E-state index is 13.8. The van der Waals surface area contributed by atoms with Crippen LogP contribution in [0.15, 0.2) is 6.07 Å². The Morgan fingerprint density at radius 1 is 1.24 bits per heavy atom. The van der Waals surface area contributed by atoms with Crippen molar-refractivity contribution in [3.8, 4) is 5.75 Å². The van der Waals surface area contributed by atoms with Gasteiger partial charge in [-0.1, -0.05) is 11.6 Å². The first-order chi connectivity index (χ1) is 17.8. The molecule has 3 fully saturated rings. The van der Waals surface area contributed by atoms with Crippen LogP contribution in [0.2, 0.25) is 5.02 Å². The van der Waals surface area contributed by atoms with Crippen molar-refractivity contribution in [3.63, 3.8) is 0 Å². The Morgan fingerprint density at radius 3 is 2.47 bits per heavy atom. The highest BCUT2D eigenvalue weighted by molar-refractivity contribution is 6.34. The number of halogens is 1. The van der Waals surface area contributed by atoms with E-state index in [4.69, 9.17) is 17.3 Å². The quantitative estimate of drug-likeness (QED) is 0.370. The van der Waals surface area contributed by atoms with Crippen molar-refractivity contribution >= 4 is 40.6 Å². The van der Waals surface area contributed by atoms with Gasteiger partial charge in [-0.25, -0.2) is 0 Å². The first-order valence-electron chi connectivity index (χ1n) is 12.9. The fraction of sp³-hybridized carbons (Fsp3) is 0.593. The number of hydrogen-bond donors (Lipinski definition) is 4. The van der Waals surface area contributed by atoms with Gasteiger partial charge in [-0.3, -0.25) is 28.9 Å². The molecule has 0 spiro atoms. The molecule has 5 N–H and O–H groups in total. The van der Waals surface area contributed by atoms with Gasteiger partial charge in [0.1, 0.15) is 5.75 Å². The van der Waals surface area contributed by atoms with Crippen molar-refractivity contribution in [1.29, 1.82) is 0 Å². The summed E-state index contributed by atoms with van der Waals surface area (Å²) in [6.45, 7) is 2.48. The molecule has 5 rings (SSSR count). The number of carbonyl (C=O) groups is 5. The van der Waals surface area contributed by atoms with Gasteiger partial charge in [0.25, 0.3) is 0 Å². The minimum atomic E-state index is -2.74. The summed E-state index contributed by atoms with van der Waals surface area (Å²) >= 11 is 6.75. The van der Waals surface area contributed by atoms with E-state index in [1.54, 1.807) is 14.1 Å². The molecule has 4 aliphatic carbocycles. The standard InChI is InChI=1S/C27H32ClN3O7/c1-10(11-4-5-11)30-9-13-8-16(32)18-14(20(13)28)6-12-7-15-21(31(2)3)23(34)19(26(29)37)25(36)27(15,38)24(35)17(12)22(18)33/h8,10-12,15,17,19,21,30,32,38H,4-7,9H2,1-3H3,(H2,29,37). The molecule has 10 nitrogen and oxygen atoms in total. The third-order valence-electron chi connectivity index (χ3n) is 9.01. The predicted molar refractivity (Wildman–Crippen MR) is 135 cm³/mol. The van der Waals surface area contributed by atoms with Crippen LogP contribution in [0.25, 0.3) is 0 Å². The van der Waals surface area contributed by atoms with E-state index in [2.05, 4.69) is 12.2 Å². The van der Waals surface area contributed by atoms with E-state index in [1.165, 1.54) is 11.0 Å². The van der Waals surface area contributed by atoms with Gasteiger partial charge in [0.05, 0.1) is 17.5 Å². The number of nitrogens with two attached hydrogens (primary N) is 1. The van der Waals surface area contributed by atoms with Crippen molar-refractivity contribution in [3.05, 3.63) is 27.8 Å². The molecule has 7 atom stereocenters. The van der Waals surface area contributed by atoms with E-state index in [1.807, 2.05) is 0 Å². The van der Waals surface area contributed by atoms with E-state index in [9.17, 15) is 34.2 Å². The third kappa shape index (κ3) is 3.84. The fourth-order valence-corrected chi connectivity index (χ4v) is 7.16. The van der Waals surface area contributed by atoms with Crippen LogP contribution >= 0.6 is 11.6 Å². The Bertz CT molecular complexity index is 1280. The van der Waals surface area contributed by atoms with Crippen LogP contribution in [0.4, 0.5) is 0 Å². The number of hydrogen-bond acceptors (Lipinski definition) is 9. The lowest BCUT2D eigenvalue weighted by Gasteiger charge is -2.52. The van der Waals surface area contributed by atoms with Crippen molar-refractivity contribution in [1.82, 2.24) is 10.2 Å². The Balaban J connectivity index is 1.54. The summed E-state index contributed by atoms with van der Waals surface area (Å²) in [5.41, 5.74) is 3.54. The maximum atomic E-state index is 13.8. The molecular weight excluding hydrogens is 514 g/mol. The second-order valence-electron chi connectivity index (χ2n) is 11.5. The Kier molecular flexibility index (Phi) is 6.53. The number of ketones is 4. The number of amides is 1. The number of rotatable bonds is 6. The molecular formula is C27H32ClN3O7. The molecule has 0 saturated heterocycles. The zero-order chi connectivity index (χ0) is 27.8. The maximum Gasteiger partial charge on any atom is 0.235 e. The van der Waals surface area contributed by atoms with Crippen LogP contribution in [0.5, 0.6) is 5.75 Å². The Morgan fingerprint density at radius 2 is 1.89 bits per heavy atom. The van der Waals surface area contributed by atoms with Crippen molar-refractivity contribution in [2.45, 2.75) is 56.8 Å². The van der Waals surface area contributed by atoms with Gasteiger partial charge in [0.2, 0.25) is 5.91 Å². The third-order valence-corrected chi connectivity index (χ3v) is 9.48. The minimum Gasteiger partial charge on any atom is -0.507 e. The van der Waals surface area contributed by atoms with E-state index < -0.39 is 64.4 Å². The number of carbonyl (C=O) groups excluding carboxylic acids is 5. The van der Waals surface area contributed by atoms with Crippen LogP contribution < -0.4 is 11.1 Å².